The molecule has 0 radical (unpaired) electrons. The van der Waals surface area contributed by atoms with E-state index in [9.17, 15) is 0 Å². The second kappa shape index (κ2) is 9.69. The molecule has 1 saturated heterocycles. The molecule has 0 aromatic rings. The molecule has 3 saturated carbocycles. The van der Waals surface area contributed by atoms with Crippen LogP contribution in [-0.2, 0) is 0 Å². The Morgan fingerprint density at radius 2 is 2.15 bits per heavy atom. The van der Waals surface area contributed by atoms with Gasteiger partial charge in [-0.2, -0.15) is 5.10 Å². The monoisotopic (exact) mass is 465 g/mol. The van der Waals surface area contributed by atoms with Crippen LogP contribution < -0.4 is 5.43 Å². The van der Waals surface area contributed by atoms with Crippen LogP contribution in [0.4, 0.5) is 0 Å². The van der Waals surface area contributed by atoms with E-state index in [-0.39, 0.29) is 0 Å². The Hall–Kier alpha value is -1.20. The van der Waals surface area contributed by atoms with Crippen LogP contribution >= 0.6 is 0 Å². The maximum absolute atomic E-state index is 4.44. The van der Waals surface area contributed by atoms with Gasteiger partial charge in [-0.15, -0.1) is 0 Å². The molecule has 0 bridgehead atoms. The summed E-state index contributed by atoms with van der Waals surface area (Å²) in [5.74, 6) is 6.11. The molecule has 4 fully saturated rings. The molecule has 1 N–H and O–H groups in total. The van der Waals surface area contributed by atoms with E-state index in [0.29, 0.717) is 5.41 Å². The number of nitrogens with zero attached hydrogens (tertiary/aromatic N) is 4. The summed E-state index contributed by atoms with van der Waals surface area (Å²) in [5, 5.41) is 6.20. The summed E-state index contributed by atoms with van der Waals surface area (Å²) in [6.45, 7) is 11.7. The van der Waals surface area contributed by atoms with Gasteiger partial charge in [0.15, 0.2) is 0 Å². The predicted octanol–water partition coefficient (Wildman–Crippen LogP) is 5.01. The van der Waals surface area contributed by atoms with Crippen LogP contribution in [0.5, 0.6) is 0 Å². The molecule has 1 spiro atoms. The van der Waals surface area contributed by atoms with Crippen molar-refractivity contribution in [3.05, 3.63) is 12.2 Å². The first-order chi connectivity index (χ1) is 16.6. The lowest BCUT2D eigenvalue weighted by molar-refractivity contribution is 0.0713. The molecule has 2 aliphatic heterocycles. The molecule has 6 aliphatic rings. The molecule has 5 nitrogen and oxygen atoms in total. The fourth-order valence-electron chi connectivity index (χ4n) is 8.36. The second-order valence-electron chi connectivity index (χ2n) is 12.8. The number of hydrazine groups is 1. The highest BCUT2D eigenvalue weighted by molar-refractivity contribution is 5.60. The number of hydrazone groups is 1. The van der Waals surface area contributed by atoms with E-state index in [4.69, 9.17) is 0 Å². The van der Waals surface area contributed by atoms with Gasteiger partial charge in [0, 0.05) is 44.0 Å². The van der Waals surface area contributed by atoms with Gasteiger partial charge in [-0.05, 0) is 80.0 Å². The average Bonchev–Trinajstić information content (AvgIpc) is 3.78. The predicted molar refractivity (Wildman–Crippen MR) is 141 cm³/mol. The Morgan fingerprint density at radius 1 is 1.24 bits per heavy atom. The Morgan fingerprint density at radius 3 is 2.85 bits per heavy atom. The van der Waals surface area contributed by atoms with Crippen LogP contribution in [0.3, 0.4) is 0 Å². The number of hydrogen-bond acceptors (Lipinski definition) is 5. The number of hydrogen-bond donors (Lipinski definition) is 1. The number of nitrogens with one attached hydrogen (secondary N) is 1. The topological polar surface area (TPSA) is 43.2 Å². The van der Waals surface area contributed by atoms with Gasteiger partial charge >= 0.3 is 0 Å². The van der Waals surface area contributed by atoms with Crippen LogP contribution in [0, 0.1) is 46.8 Å². The Balaban J connectivity index is 1.10. The minimum Gasteiger partial charge on any atom is -0.295 e. The van der Waals surface area contributed by atoms with Gasteiger partial charge in [0.1, 0.15) is 0 Å². The zero-order chi connectivity index (χ0) is 23.1. The van der Waals surface area contributed by atoms with Crippen molar-refractivity contribution in [3.63, 3.8) is 0 Å². The third-order valence-corrected chi connectivity index (χ3v) is 10.9. The highest BCUT2D eigenvalue weighted by atomic mass is 15.7. The zero-order valence-electron chi connectivity index (χ0n) is 21.5. The largest absolute Gasteiger partial charge is 0.295 e. The molecule has 8 atom stereocenters. The number of aliphatic imine (C=N–C) groups is 1. The first-order valence-electron chi connectivity index (χ1n) is 14.5. The fourth-order valence-corrected chi connectivity index (χ4v) is 8.36. The van der Waals surface area contributed by atoms with Crippen molar-refractivity contribution in [2.24, 2.45) is 56.9 Å². The van der Waals surface area contributed by atoms with Gasteiger partial charge in [0.05, 0.1) is 13.1 Å². The van der Waals surface area contributed by atoms with Gasteiger partial charge < -0.3 is 0 Å². The van der Waals surface area contributed by atoms with Crippen molar-refractivity contribution >= 4 is 12.9 Å². The lowest BCUT2D eigenvalue weighted by Crippen LogP contribution is -2.38. The van der Waals surface area contributed by atoms with Crippen molar-refractivity contribution in [1.29, 1.82) is 0 Å². The summed E-state index contributed by atoms with van der Waals surface area (Å²) in [4.78, 5) is 7.13. The van der Waals surface area contributed by atoms with Crippen molar-refractivity contribution in [2.45, 2.75) is 77.2 Å². The van der Waals surface area contributed by atoms with E-state index in [1.165, 1.54) is 70.8 Å². The Bertz CT molecular complexity index is 789. The van der Waals surface area contributed by atoms with Crippen molar-refractivity contribution in [1.82, 2.24) is 15.4 Å². The molecule has 8 unspecified atom stereocenters. The molecule has 2 heterocycles. The first kappa shape index (κ1) is 23.2. The van der Waals surface area contributed by atoms with E-state index in [1.807, 2.05) is 5.12 Å². The number of rotatable bonds is 8. The molecular weight excluding hydrogens is 418 g/mol. The van der Waals surface area contributed by atoms with E-state index in [1.54, 1.807) is 0 Å². The van der Waals surface area contributed by atoms with Crippen molar-refractivity contribution < 1.29 is 0 Å². The third kappa shape index (κ3) is 4.76. The molecule has 6 rings (SSSR count). The maximum atomic E-state index is 4.44. The van der Waals surface area contributed by atoms with Gasteiger partial charge in [-0.3, -0.25) is 9.89 Å². The van der Waals surface area contributed by atoms with Crippen LogP contribution in [0.25, 0.3) is 0 Å². The Kier molecular flexibility index (Phi) is 6.61. The molecule has 34 heavy (non-hydrogen) atoms. The smallest absolute Gasteiger partial charge is 0.0576 e. The van der Waals surface area contributed by atoms with Gasteiger partial charge in [-0.25, -0.2) is 10.5 Å². The minimum atomic E-state index is 0.506. The quantitative estimate of drug-likeness (QED) is 0.405. The normalized spacial score (nSPS) is 43.4. The van der Waals surface area contributed by atoms with Crippen LogP contribution in [-0.4, -0.2) is 61.7 Å². The molecule has 5 heteroatoms. The lowest BCUT2D eigenvalue weighted by atomic mass is 9.61. The van der Waals surface area contributed by atoms with E-state index >= 15 is 0 Å². The summed E-state index contributed by atoms with van der Waals surface area (Å²) in [6, 6.07) is 0.790. The molecule has 0 aromatic carbocycles. The summed E-state index contributed by atoms with van der Waals surface area (Å²) in [7, 11) is 0. The summed E-state index contributed by atoms with van der Waals surface area (Å²) in [6.07, 6.45) is 22.0. The minimum absolute atomic E-state index is 0.506. The van der Waals surface area contributed by atoms with E-state index < -0.39 is 0 Å². The Labute approximate surface area is 207 Å². The van der Waals surface area contributed by atoms with Gasteiger partial charge in [0.25, 0.3) is 0 Å². The summed E-state index contributed by atoms with van der Waals surface area (Å²) < 4.78 is 0. The van der Waals surface area contributed by atoms with Crippen molar-refractivity contribution in [3.8, 4) is 0 Å². The number of allylic oxidation sites excluding steroid dienone is 1. The third-order valence-electron chi connectivity index (χ3n) is 10.9. The van der Waals surface area contributed by atoms with Crippen LogP contribution in [0.15, 0.2) is 22.2 Å². The molecule has 0 aromatic heterocycles. The van der Waals surface area contributed by atoms with Crippen LogP contribution in [0.2, 0.25) is 0 Å². The standard InChI is InChI=1S/C29H47N5/c1-21-3-7-24(23-9-11-29(12-10-23)18-28(29)33-15-13-31-14-16-33)17-27(21)26(8-6-22-4-5-22)25-19-32-34(20-25)30-2/h9,11,13,21-28,32H,2-8,10,12,14-20H2,1H3. The van der Waals surface area contributed by atoms with E-state index in [0.717, 1.165) is 73.6 Å². The highest BCUT2D eigenvalue weighted by Gasteiger charge is 2.56. The fraction of sp³-hybridized carbons (Fsp3) is 0.862. The molecule has 0 amide bonds. The molecule has 188 valence electrons. The maximum Gasteiger partial charge on any atom is 0.0576 e. The highest BCUT2D eigenvalue weighted by Crippen LogP contribution is 2.58. The van der Waals surface area contributed by atoms with Gasteiger partial charge in [0.2, 0.25) is 0 Å². The SMILES string of the molecule is C=NN1CC(C(CCC2CC2)C2CC(C3C=CC4(CC3)CC4N3CC=NCC3)CCC2C)CN1. The molecular formula is C29H47N5. The van der Waals surface area contributed by atoms with Gasteiger partial charge in [-0.1, -0.05) is 44.8 Å². The summed E-state index contributed by atoms with van der Waals surface area (Å²) in [5.41, 5.74) is 4.00. The summed E-state index contributed by atoms with van der Waals surface area (Å²) >= 11 is 0. The zero-order valence-corrected chi connectivity index (χ0v) is 21.5. The van der Waals surface area contributed by atoms with Crippen LogP contribution in [0.1, 0.15) is 71.1 Å². The van der Waals surface area contributed by atoms with Crippen molar-refractivity contribution in [2.75, 3.05) is 32.7 Å². The second-order valence-corrected chi connectivity index (χ2v) is 12.8. The lowest BCUT2D eigenvalue weighted by Gasteiger charge is -2.44. The molecule has 4 aliphatic carbocycles. The van der Waals surface area contributed by atoms with E-state index in [2.05, 4.69) is 52.4 Å². The average molecular weight is 466 g/mol. The first-order valence-corrected chi connectivity index (χ1v) is 14.5.